The first-order valence-electron chi connectivity index (χ1n) is 17.9. The van der Waals surface area contributed by atoms with Crippen LogP contribution in [0.5, 0.6) is 5.75 Å². The summed E-state index contributed by atoms with van der Waals surface area (Å²) in [5, 5.41) is 5.47. The van der Waals surface area contributed by atoms with Gasteiger partial charge >= 0.3 is 11.9 Å². The van der Waals surface area contributed by atoms with Crippen LogP contribution in [0.25, 0.3) is 16.5 Å². The van der Waals surface area contributed by atoms with Gasteiger partial charge in [0.05, 0.1) is 17.3 Å². The molecule has 2 saturated carbocycles. The Balaban J connectivity index is 1.07. The molecule has 264 valence electrons. The van der Waals surface area contributed by atoms with Crippen molar-refractivity contribution in [3.8, 4) is 5.75 Å². The zero-order valence-corrected chi connectivity index (χ0v) is 30.0. The second kappa shape index (κ2) is 11.8. The van der Waals surface area contributed by atoms with Crippen molar-refractivity contribution in [3.05, 3.63) is 77.4 Å². The van der Waals surface area contributed by atoms with Crippen molar-refractivity contribution >= 4 is 69.2 Å². The van der Waals surface area contributed by atoms with Crippen LogP contribution in [-0.2, 0) is 23.9 Å². The summed E-state index contributed by atoms with van der Waals surface area (Å²) in [5.41, 5.74) is 1.76. The predicted octanol–water partition coefficient (Wildman–Crippen LogP) is 6.10. The highest BCUT2D eigenvalue weighted by Crippen LogP contribution is 2.63. The molecule has 2 amide bonds. The number of carbonyl (C=O) groups excluding carboxylic acids is 4. The summed E-state index contributed by atoms with van der Waals surface area (Å²) in [4.78, 5) is 58.1. The highest BCUT2D eigenvalue weighted by Gasteiger charge is 2.73. The molecule has 9 nitrogen and oxygen atoms in total. The summed E-state index contributed by atoms with van der Waals surface area (Å²) in [6.07, 6.45) is 4.75. The number of likely N-dealkylation sites (tertiary alicyclic amines) is 1. The predicted molar refractivity (Wildman–Crippen MR) is 194 cm³/mol. The highest BCUT2D eigenvalue weighted by atomic mass is 35.5. The molecule has 1 N–H and O–H groups in total. The van der Waals surface area contributed by atoms with E-state index >= 15 is 4.79 Å². The van der Waals surface area contributed by atoms with E-state index in [1.807, 2.05) is 64.4 Å². The lowest BCUT2D eigenvalue weighted by Gasteiger charge is -2.42. The van der Waals surface area contributed by atoms with E-state index in [-0.39, 0.29) is 47.4 Å². The monoisotopic (exact) mass is 727 g/mol. The summed E-state index contributed by atoms with van der Waals surface area (Å²) in [5.74, 6) is 0.859. The SMILES string of the molecule is CC(=O)OC1=CC2C(c3ccccc31)C(CCl)CN2C(=O)C12CCC(C1)C1CC1(C(=O)N1CC(CCl)c3c1cc(OC(C)=O)c1ccccc31)N2. The van der Waals surface area contributed by atoms with Crippen LogP contribution in [0, 0.1) is 17.8 Å². The van der Waals surface area contributed by atoms with Crippen molar-refractivity contribution in [1.29, 1.82) is 0 Å². The number of amides is 2. The number of nitrogens with zero attached hydrogens (tertiary/aromatic N) is 2. The molecule has 2 bridgehead atoms. The molecule has 3 heterocycles. The minimum atomic E-state index is -0.911. The summed E-state index contributed by atoms with van der Waals surface area (Å²) in [7, 11) is 0. The molecule has 3 aromatic rings. The number of benzene rings is 3. The van der Waals surface area contributed by atoms with Gasteiger partial charge in [0.25, 0.3) is 0 Å². The molecule has 51 heavy (non-hydrogen) atoms. The quantitative estimate of drug-likeness (QED) is 0.186. The molecule has 8 atom stereocenters. The molecule has 0 radical (unpaired) electrons. The summed E-state index contributed by atoms with van der Waals surface area (Å²) in [6, 6.07) is 17.1. The molecule has 0 spiro atoms. The highest BCUT2D eigenvalue weighted by molar-refractivity contribution is 6.19. The fourth-order valence-electron chi connectivity index (χ4n) is 10.5. The number of piperidine rings is 1. The van der Waals surface area contributed by atoms with Gasteiger partial charge in [-0.25, -0.2) is 0 Å². The van der Waals surface area contributed by atoms with Gasteiger partial charge in [-0.2, -0.15) is 0 Å². The Kier molecular flexibility index (Phi) is 7.62. The van der Waals surface area contributed by atoms with Gasteiger partial charge in [0.15, 0.2) is 0 Å². The first-order chi connectivity index (χ1) is 24.6. The second-order valence-electron chi connectivity index (χ2n) is 15.3. The molecule has 6 aliphatic rings. The van der Waals surface area contributed by atoms with Crippen LogP contribution >= 0.6 is 23.2 Å². The Bertz CT molecular complexity index is 2070. The van der Waals surface area contributed by atoms with E-state index < -0.39 is 23.0 Å². The average Bonchev–Trinajstić information content (AvgIpc) is 3.37. The number of hydrogen-bond acceptors (Lipinski definition) is 7. The summed E-state index contributed by atoms with van der Waals surface area (Å²) < 4.78 is 11.4. The summed E-state index contributed by atoms with van der Waals surface area (Å²) >= 11 is 13.2. The van der Waals surface area contributed by atoms with Crippen molar-refractivity contribution in [2.24, 2.45) is 17.8 Å². The lowest BCUT2D eigenvalue weighted by molar-refractivity contribution is -0.141. The van der Waals surface area contributed by atoms with E-state index in [0.717, 1.165) is 33.9 Å². The lowest BCUT2D eigenvalue weighted by atomic mass is 9.78. The van der Waals surface area contributed by atoms with Crippen molar-refractivity contribution < 1.29 is 28.7 Å². The van der Waals surface area contributed by atoms with Crippen LogP contribution < -0.4 is 15.0 Å². The Morgan fingerprint density at radius 2 is 1.65 bits per heavy atom. The first-order valence-corrected chi connectivity index (χ1v) is 18.9. The first kappa shape index (κ1) is 33.0. The topological polar surface area (TPSA) is 105 Å². The minimum absolute atomic E-state index is 0.00757. The molecule has 3 aliphatic carbocycles. The molecule has 3 aliphatic heterocycles. The van der Waals surface area contributed by atoms with Gasteiger partial charge in [-0.05, 0) is 66.0 Å². The molecule has 8 unspecified atom stereocenters. The number of halogens is 2. The van der Waals surface area contributed by atoms with Gasteiger partial charge < -0.3 is 19.3 Å². The maximum Gasteiger partial charge on any atom is 0.308 e. The number of carbonyl (C=O) groups is 4. The maximum atomic E-state index is 15.1. The molecular formula is C40H39Cl2N3O6. The normalized spacial score (nSPS) is 32.4. The zero-order chi connectivity index (χ0) is 35.4. The van der Waals surface area contributed by atoms with E-state index in [2.05, 4.69) is 5.32 Å². The molecular weight excluding hydrogens is 689 g/mol. The molecule has 9 rings (SSSR count). The number of fused-ring (bicyclic) bond motifs is 10. The lowest BCUT2D eigenvalue weighted by Crippen LogP contribution is -2.66. The van der Waals surface area contributed by atoms with E-state index in [4.69, 9.17) is 32.7 Å². The van der Waals surface area contributed by atoms with Crippen LogP contribution in [0.1, 0.15) is 68.1 Å². The van der Waals surface area contributed by atoms with Gasteiger partial charge in [0, 0.05) is 67.5 Å². The maximum absolute atomic E-state index is 15.1. The fraction of sp³-hybridized carbons (Fsp3) is 0.450. The van der Waals surface area contributed by atoms with Gasteiger partial charge in [0.1, 0.15) is 17.0 Å². The fourth-order valence-corrected chi connectivity index (χ4v) is 11.0. The molecule has 3 aromatic carbocycles. The third-order valence-corrected chi connectivity index (χ3v) is 13.3. The van der Waals surface area contributed by atoms with Crippen LogP contribution in [0.2, 0.25) is 0 Å². The summed E-state index contributed by atoms with van der Waals surface area (Å²) in [6.45, 7) is 3.63. The van der Waals surface area contributed by atoms with Crippen molar-refractivity contribution in [2.75, 3.05) is 29.7 Å². The standard InChI is InChI=1S/C40H39Cl2N3O6/c1-21(46)50-33-13-31-35(28-9-5-3-7-26(28)33)24(17-41)19-44(31)37(48)39-12-11-23(15-39)30-16-40(30,43-39)38(49)45-20-25(18-42)36-29-10-6-4-8-27(29)34(14-32(36)45)51-22(2)47/h3-10,13-14,23-25,30-31,35,43H,11-12,15-20H2,1-2H3. The van der Waals surface area contributed by atoms with Crippen LogP contribution in [0.15, 0.2) is 60.7 Å². The smallest absolute Gasteiger partial charge is 0.308 e. The van der Waals surface area contributed by atoms with Crippen molar-refractivity contribution in [2.45, 2.75) is 68.5 Å². The number of nitrogens with one attached hydrogen (secondary N) is 1. The average molecular weight is 729 g/mol. The van der Waals surface area contributed by atoms with E-state index in [1.165, 1.54) is 13.8 Å². The molecule has 0 aromatic heterocycles. The van der Waals surface area contributed by atoms with E-state index in [0.29, 0.717) is 61.3 Å². The Hall–Kier alpha value is -3.92. The number of esters is 2. The number of hydrogen-bond donors (Lipinski definition) is 1. The van der Waals surface area contributed by atoms with Crippen molar-refractivity contribution in [1.82, 2.24) is 10.2 Å². The minimum Gasteiger partial charge on any atom is -0.426 e. The van der Waals surface area contributed by atoms with Gasteiger partial charge in [0.2, 0.25) is 11.8 Å². The van der Waals surface area contributed by atoms with Crippen LogP contribution in [0.3, 0.4) is 0 Å². The van der Waals surface area contributed by atoms with Crippen LogP contribution in [-0.4, -0.2) is 70.6 Å². The van der Waals surface area contributed by atoms with Crippen LogP contribution in [0.4, 0.5) is 5.69 Å². The second-order valence-corrected chi connectivity index (χ2v) is 15.9. The Morgan fingerprint density at radius 3 is 2.39 bits per heavy atom. The number of anilines is 1. The third kappa shape index (κ3) is 4.84. The Labute approximate surface area is 306 Å². The van der Waals surface area contributed by atoms with E-state index in [9.17, 15) is 14.4 Å². The van der Waals surface area contributed by atoms with Crippen molar-refractivity contribution in [3.63, 3.8) is 0 Å². The Morgan fingerprint density at radius 1 is 0.902 bits per heavy atom. The number of rotatable bonds is 6. The number of ether oxygens (including phenoxy) is 2. The largest absolute Gasteiger partial charge is 0.426 e. The molecule has 11 heteroatoms. The van der Waals surface area contributed by atoms with Gasteiger partial charge in [-0.3, -0.25) is 24.5 Å². The molecule has 4 fully saturated rings. The van der Waals surface area contributed by atoms with Gasteiger partial charge in [-0.15, -0.1) is 23.2 Å². The van der Waals surface area contributed by atoms with E-state index in [1.54, 1.807) is 6.07 Å². The number of alkyl halides is 2. The third-order valence-electron chi connectivity index (χ3n) is 12.5. The van der Waals surface area contributed by atoms with Gasteiger partial charge in [-0.1, -0.05) is 48.5 Å². The zero-order valence-electron chi connectivity index (χ0n) is 28.5. The molecule has 2 saturated heterocycles.